The van der Waals surface area contributed by atoms with E-state index in [1.165, 1.54) is 7.11 Å². The second-order valence-electron chi connectivity index (χ2n) is 6.22. The Bertz CT molecular complexity index is 587. The lowest BCUT2D eigenvalue weighted by Gasteiger charge is -2.36. The van der Waals surface area contributed by atoms with Gasteiger partial charge in [-0.2, -0.15) is 0 Å². The number of benzene rings is 1. The van der Waals surface area contributed by atoms with Crippen LogP contribution in [0.3, 0.4) is 0 Å². The molecule has 25 heavy (non-hydrogen) atoms. The second-order valence-corrected chi connectivity index (χ2v) is 6.22. The van der Waals surface area contributed by atoms with E-state index in [1.54, 1.807) is 0 Å². The van der Waals surface area contributed by atoms with Crippen molar-refractivity contribution in [1.82, 2.24) is 5.32 Å². The topological polar surface area (TPSA) is 67.9 Å². The fraction of sp³-hybridized carbons (Fsp3) is 0.579. The second kappa shape index (κ2) is 9.30. The number of ether oxygens (including phenoxy) is 2. The normalized spacial score (nSPS) is 16.2. The number of hydrogen-bond acceptors (Lipinski definition) is 5. The van der Waals surface area contributed by atoms with Gasteiger partial charge in [0, 0.05) is 19.0 Å². The third kappa shape index (κ3) is 5.11. The highest BCUT2D eigenvalue weighted by Crippen LogP contribution is 2.33. The third-order valence-corrected chi connectivity index (χ3v) is 4.52. The molecular formula is C19H28N2O4. The van der Waals surface area contributed by atoms with Gasteiger partial charge in [-0.15, -0.1) is 0 Å². The summed E-state index contributed by atoms with van der Waals surface area (Å²) >= 11 is 0. The van der Waals surface area contributed by atoms with Crippen LogP contribution < -0.4 is 15.0 Å². The molecule has 1 unspecified atom stereocenters. The van der Waals surface area contributed by atoms with Gasteiger partial charge in [-0.25, -0.2) is 0 Å². The van der Waals surface area contributed by atoms with Crippen LogP contribution in [0.4, 0.5) is 5.69 Å². The molecule has 0 saturated carbocycles. The standard InChI is InChI=1S/C19H28N2O4/c1-4-14(5-2)20-19(23)17-13-21(12-8-11-18(22)24-3)15-9-6-7-10-16(15)25-17/h6-7,9-10,14,17H,4-5,8,11-13H2,1-3H3,(H,20,23). The van der Waals surface area contributed by atoms with Crippen LogP contribution in [0.15, 0.2) is 24.3 Å². The highest BCUT2D eigenvalue weighted by atomic mass is 16.5. The number of anilines is 1. The number of hydrogen-bond donors (Lipinski definition) is 1. The van der Waals surface area contributed by atoms with E-state index in [2.05, 4.69) is 24.1 Å². The van der Waals surface area contributed by atoms with Crippen LogP contribution in [0, 0.1) is 0 Å². The van der Waals surface area contributed by atoms with Crippen LogP contribution >= 0.6 is 0 Å². The van der Waals surface area contributed by atoms with E-state index in [4.69, 9.17) is 9.47 Å². The molecule has 6 nitrogen and oxygen atoms in total. The van der Waals surface area contributed by atoms with Crippen LogP contribution in [0.25, 0.3) is 0 Å². The van der Waals surface area contributed by atoms with E-state index in [-0.39, 0.29) is 17.9 Å². The maximum Gasteiger partial charge on any atom is 0.305 e. The summed E-state index contributed by atoms with van der Waals surface area (Å²) in [6.45, 7) is 5.27. The lowest BCUT2D eigenvalue weighted by Crippen LogP contribution is -2.51. The van der Waals surface area contributed by atoms with E-state index in [0.29, 0.717) is 31.7 Å². The van der Waals surface area contributed by atoms with Gasteiger partial charge < -0.3 is 19.7 Å². The van der Waals surface area contributed by atoms with Gasteiger partial charge >= 0.3 is 5.97 Å². The zero-order chi connectivity index (χ0) is 18.2. The predicted octanol–water partition coefficient (Wildman–Crippen LogP) is 2.51. The maximum atomic E-state index is 12.6. The Hall–Kier alpha value is -2.24. The number of amides is 1. The highest BCUT2D eigenvalue weighted by molar-refractivity contribution is 5.83. The number of nitrogens with one attached hydrogen (secondary N) is 1. The van der Waals surface area contributed by atoms with E-state index >= 15 is 0 Å². The van der Waals surface area contributed by atoms with Gasteiger partial charge in [-0.3, -0.25) is 9.59 Å². The Morgan fingerprint density at radius 3 is 2.72 bits per heavy atom. The molecule has 1 aromatic carbocycles. The summed E-state index contributed by atoms with van der Waals surface area (Å²) in [7, 11) is 1.39. The number of esters is 1. The maximum absolute atomic E-state index is 12.6. The van der Waals surface area contributed by atoms with Crippen LogP contribution in [-0.4, -0.2) is 44.2 Å². The number of para-hydroxylation sites is 2. The molecule has 0 saturated heterocycles. The zero-order valence-corrected chi connectivity index (χ0v) is 15.3. The molecular weight excluding hydrogens is 320 g/mol. The van der Waals surface area contributed by atoms with Crippen molar-refractivity contribution < 1.29 is 19.1 Å². The number of fused-ring (bicyclic) bond motifs is 1. The molecule has 6 heteroatoms. The molecule has 138 valence electrons. The average molecular weight is 348 g/mol. The SMILES string of the molecule is CCC(CC)NC(=O)C1CN(CCCC(=O)OC)c2ccccc2O1. The molecule has 1 aromatic rings. The average Bonchev–Trinajstić information content (AvgIpc) is 2.65. The van der Waals surface area contributed by atoms with E-state index < -0.39 is 6.10 Å². The Balaban J connectivity index is 2.05. The third-order valence-electron chi connectivity index (χ3n) is 4.52. The molecule has 0 spiro atoms. The number of nitrogens with zero attached hydrogens (tertiary/aromatic N) is 1. The lowest BCUT2D eigenvalue weighted by molar-refractivity contribution is -0.140. The van der Waals surface area contributed by atoms with Crippen LogP contribution in [0.5, 0.6) is 5.75 Å². The predicted molar refractivity (Wildman–Crippen MR) is 96.8 cm³/mol. The number of methoxy groups -OCH3 is 1. The number of carbonyl (C=O) groups excluding carboxylic acids is 2. The Morgan fingerprint density at radius 1 is 1.32 bits per heavy atom. The van der Waals surface area contributed by atoms with Crippen LogP contribution in [0.1, 0.15) is 39.5 Å². The van der Waals surface area contributed by atoms with Crippen LogP contribution in [-0.2, 0) is 14.3 Å². The van der Waals surface area contributed by atoms with Gasteiger partial charge in [0.05, 0.1) is 19.3 Å². The monoisotopic (exact) mass is 348 g/mol. The summed E-state index contributed by atoms with van der Waals surface area (Å²) in [5.41, 5.74) is 0.957. The summed E-state index contributed by atoms with van der Waals surface area (Å²) in [6.07, 6.45) is 2.28. The largest absolute Gasteiger partial charge is 0.477 e. The smallest absolute Gasteiger partial charge is 0.305 e. The van der Waals surface area contributed by atoms with Crippen molar-refractivity contribution in [3.8, 4) is 5.75 Å². The Morgan fingerprint density at radius 2 is 2.04 bits per heavy atom. The van der Waals surface area contributed by atoms with Gasteiger partial charge in [0.15, 0.2) is 6.10 Å². The van der Waals surface area contributed by atoms with Gasteiger partial charge in [-0.1, -0.05) is 26.0 Å². The van der Waals surface area contributed by atoms with E-state index in [1.807, 2.05) is 24.3 Å². The van der Waals surface area contributed by atoms with Gasteiger partial charge in [0.1, 0.15) is 5.75 Å². The first-order valence-electron chi connectivity index (χ1n) is 8.96. The molecule has 1 heterocycles. The van der Waals surface area contributed by atoms with Crippen molar-refractivity contribution in [2.45, 2.75) is 51.7 Å². The molecule has 1 aliphatic rings. The van der Waals surface area contributed by atoms with Crippen molar-refractivity contribution in [2.24, 2.45) is 0 Å². The minimum absolute atomic E-state index is 0.0822. The molecule has 1 N–H and O–H groups in total. The number of rotatable bonds is 8. The number of carbonyl (C=O) groups is 2. The molecule has 2 rings (SSSR count). The minimum Gasteiger partial charge on any atom is -0.477 e. The summed E-state index contributed by atoms with van der Waals surface area (Å²) in [4.78, 5) is 26.0. The van der Waals surface area contributed by atoms with Gasteiger partial charge in [0.2, 0.25) is 0 Å². The first-order valence-corrected chi connectivity index (χ1v) is 8.96. The molecule has 1 amide bonds. The minimum atomic E-state index is -0.548. The quantitative estimate of drug-likeness (QED) is 0.731. The van der Waals surface area contributed by atoms with Gasteiger partial charge in [-0.05, 0) is 31.4 Å². The summed E-state index contributed by atoms with van der Waals surface area (Å²) < 4.78 is 10.6. The molecule has 0 radical (unpaired) electrons. The van der Waals surface area contributed by atoms with Crippen molar-refractivity contribution in [3.63, 3.8) is 0 Å². The first-order chi connectivity index (χ1) is 12.1. The molecule has 1 atom stereocenters. The molecule has 0 fully saturated rings. The molecule has 0 aromatic heterocycles. The zero-order valence-electron chi connectivity index (χ0n) is 15.3. The first kappa shape index (κ1) is 19.1. The van der Waals surface area contributed by atoms with Crippen molar-refractivity contribution in [2.75, 3.05) is 25.1 Å². The molecule has 0 aliphatic carbocycles. The highest BCUT2D eigenvalue weighted by Gasteiger charge is 2.31. The molecule has 0 bridgehead atoms. The molecule has 1 aliphatic heterocycles. The lowest BCUT2D eigenvalue weighted by atomic mass is 10.1. The van der Waals surface area contributed by atoms with Crippen LogP contribution in [0.2, 0.25) is 0 Å². The van der Waals surface area contributed by atoms with E-state index in [0.717, 1.165) is 18.5 Å². The van der Waals surface area contributed by atoms with Crippen molar-refractivity contribution in [1.29, 1.82) is 0 Å². The summed E-state index contributed by atoms with van der Waals surface area (Å²) in [5.74, 6) is 0.405. The summed E-state index contributed by atoms with van der Waals surface area (Å²) in [6, 6.07) is 7.86. The van der Waals surface area contributed by atoms with Gasteiger partial charge in [0.25, 0.3) is 5.91 Å². The summed E-state index contributed by atoms with van der Waals surface area (Å²) in [5, 5.41) is 3.06. The van der Waals surface area contributed by atoms with Crippen molar-refractivity contribution >= 4 is 17.6 Å². The van der Waals surface area contributed by atoms with Crippen molar-refractivity contribution in [3.05, 3.63) is 24.3 Å². The van der Waals surface area contributed by atoms with E-state index in [9.17, 15) is 9.59 Å². The Labute approximate surface area is 149 Å². The Kier molecular flexibility index (Phi) is 7.10. The fourth-order valence-electron chi connectivity index (χ4n) is 2.96. The fourth-order valence-corrected chi connectivity index (χ4v) is 2.96.